The van der Waals surface area contributed by atoms with Crippen LogP contribution in [0, 0.1) is 0 Å². The number of nitrogens with one attached hydrogen (secondary N) is 1. The van der Waals surface area contributed by atoms with Crippen LogP contribution in [0.5, 0.6) is 0 Å². The van der Waals surface area contributed by atoms with E-state index in [1.807, 2.05) is 19.1 Å². The normalized spacial score (nSPS) is 23.1. The number of rotatable bonds is 2. The lowest BCUT2D eigenvalue weighted by molar-refractivity contribution is 0.374. The lowest BCUT2D eigenvalue weighted by Gasteiger charge is -2.18. The molecule has 2 heterocycles. The Morgan fingerprint density at radius 2 is 2.43 bits per heavy atom. The SMILES string of the molecule is C/C=C/c1nnc(C2CCCNC2)o1. The van der Waals surface area contributed by atoms with Crippen molar-refractivity contribution in [1.82, 2.24) is 15.5 Å². The number of allylic oxidation sites excluding steroid dienone is 1. The number of hydrogen-bond acceptors (Lipinski definition) is 4. The third kappa shape index (κ3) is 2.01. The quantitative estimate of drug-likeness (QED) is 0.774. The number of hydrogen-bond donors (Lipinski definition) is 1. The molecule has 0 spiro atoms. The fraction of sp³-hybridized carbons (Fsp3) is 0.600. The van der Waals surface area contributed by atoms with Crippen molar-refractivity contribution >= 4 is 6.08 Å². The molecule has 0 aliphatic carbocycles. The van der Waals surface area contributed by atoms with Gasteiger partial charge in [0.05, 0.1) is 0 Å². The zero-order valence-corrected chi connectivity index (χ0v) is 8.36. The molecule has 0 radical (unpaired) electrons. The summed E-state index contributed by atoms with van der Waals surface area (Å²) >= 11 is 0. The molecule has 1 aliphatic heterocycles. The lowest BCUT2D eigenvalue weighted by atomic mass is 10.00. The second-order valence-corrected chi connectivity index (χ2v) is 3.52. The minimum atomic E-state index is 0.398. The third-order valence-electron chi connectivity index (χ3n) is 2.41. The first-order valence-corrected chi connectivity index (χ1v) is 5.07. The molecule has 1 atom stereocenters. The molecular formula is C10H15N3O. The molecule has 1 aromatic rings. The predicted octanol–water partition coefficient (Wildman–Crippen LogP) is 1.57. The molecule has 1 N–H and O–H groups in total. The maximum atomic E-state index is 5.51. The van der Waals surface area contributed by atoms with Gasteiger partial charge in [-0.15, -0.1) is 10.2 Å². The van der Waals surface area contributed by atoms with E-state index in [4.69, 9.17) is 4.42 Å². The van der Waals surface area contributed by atoms with Crippen molar-refractivity contribution in [2.45, 2.75) is 25.7 Å². The summed E-state index contributed by atoms with van der Waals surface area (Å²) in [5, 5.41) is 11.3. The average Bonchev–Trinajstić information content (AvgIpc) is 2.68. The van der Waals surface area contributed by atoms with Crippen LogP contribution in [-0.4, -0.2) is 23.3 Å². The van der Waals surface area contributed by atoms with E-state index in [0.29, 0.717) is 11.8 Å². The summed E-state index contributed by atoms with van der Waals surface area (Å²) in [6.45, 7) is 4.00. The topological polar surface area (TPSA) is 51.0 Å². The number of aromatic nitrogens is 2. The molecule has 0 saturated carbocycles. The second-order valence-electron chi connectivity index (χ2n) is 3.52. The average molecular weight is 193 g/mol. The minimum Gasteiger partial charge on any atom is -0.421 e. The Hall–Kier alpha value is -1.16. The van der Waals surface area contributed by atoms with Gasteiger partial charge >= 0.3 is 0 Å². The van der Waals surface area contributed by atoms with Crippen molar-refractivity contribution < 1.29 is 4.42 Å². The molecule has 14 heavy (non-hydrogen) atoms. The van der Waals surface area contributed by atoms with Gasteiger partial charge in [-0.05, 0) is 32.4 Å². The number of nitrogens with zero attached hydrogens (tertiary/aromatic N) is 2. The number of piperidine rings is 1. The summed E-state index contributed by atoms with van der Waals surface area (Å²) in [6, 6.07) is 0. The van der Waals surface area contributed by atoms with Gasteiger partial charge in [0.2, 0.25) is 11.8 Å². The first kappa shape index (κ1) is 9.40. The largest absolute Gasteiger partial charge is 0.421 e. The van der Waals surface area contributed by atoms with Crippen LogP contribution in [-0.2, 0) is 0 Å². The molecule has 2 rings (SSSR count). The van der Waals surface area contributed by atoms with Gasteiger partial charge in [0.25, 0.3) is 0 Å². The van der Waals surface area contributed by atoms with E-state index in [0.717, 1.165) is 25.4 Å². The Morgan fingerprint density at radius 1 is 1.50 bits per heavy atom. The maximum Gasteiger partial charge on any atom is 0.240 e. The highest BCUT2D eigenvalue weighted by Crippen LogP contribution is 2.21. The molecule has 1 unspecified atom stereocenters. The minimum absolute atomic E-state index is 0.398. The van der Waals surface area contributed by atoms with Crippen LogP contribution in [0.1, 0.15) is 37.5 Å². The van der Waals surface area contributed by atoms with Gasteiger partial charge in [-0.25, -0.2) is 0 Å². The predicted molar refractivity (Wildman–Crippen MR) is 53.9 cm³/mol. The molecule has 1 aliphatic rings. The molecule has 76 valence electrons. The second kappa shape index (κ2) is 4.37. The molecular weight excluding hydrogens is 178 g/mol. The fourth-order valence-electron chi connectivity index (χ4n) is 1.68. The van der Waals surface area contributed by atoms with Gasteiger partial charge in [0.1, 0.15) is 0 Å². The van der Waals surface area contributed by atoms with Crippen LogP contribution in [0.3, 0.4) is 0 Å². The molecule has 1 saturated heterocycles. The van der Waals surface area contributed by atoms with Gasteiger partial charge in [-0.3, -0.25) is 0 Å². The van der Waals surface area contributed by atoms with E-state index in [2.05, 4.69) is 15.5 Å². The molecule has 1 aromatic heterocycles. The van der Waals surface area contributed by atoms with Crippen LogP contribution in [0.2, 0.25) is 0 Å². The maximum absolute atomic E-state index is 5.51. The smallest absolute Gasteiger partial charge is 0.240 e. The molecule has 0 amide bonds. The highest BCUT2D eigenvalue weighted by molar-refractivity contribution is 5.35. The summed E-state index contributed by atoms with van der Waals surface area (Å²) in [5.41, 5.74) is 0. The van der Waals surface area contributed by atoms with E-state index < -0.39 is 0 Å². The highest BCUT2D eigenvalue weighted by Gasteiger charge is 2.20. The van der Waals surface area contributed by atoms with Crippen molar-refractivity contribution in [1.29, 1.82) is 0 Å². The van der Waals surface area contributed by atoms with Crippen molar-refractivity contribution in [3.8, 4) is 0 Å². The highest BCUT2D eigenvalue weighted by atomic mass is 16.4. The Labute approximate surface area is 83.4 Å². The molecule has 4 heteroatoms. The lowest BCUT2D eigenvalue weighted by Crippen LogP contribution is -2.28. The Bertz CT molecular complexity index is 313. The van der Waals surface area contributed by atoms with Crippen molar-refractivity contribution in [3.63, 3.8) is 0 Å². The Balaban J connectivity index is 2.07. The van der Waals surface area contributed by atoms with Crippen molar-refractivity contribution in [3.05, 3.63) is 17.9 Å². The molecule has 0 bridgehead atoms. The molecule has 0 aromatic carbocycles. The van der Waals surface area contributed by atoms with Crippen molar-refractivity contribution in [2.24, 2.45) is 0 Å². The zero-order chi connectivity index (χ0) is 9.80. The van der Waals surface area contributed by atoms with Gasteiger partial charge in [-0.1, -0.05) is 6.08 Å². The van der Waals surface area contributed by atoms with E-state index in [1.165, 1.54) is 6.42 Å². The van der Waals surface area contributed by atoms with Gasteiger partial charge < -0.3 is 9.73 Å². The van der Waals surface area contributed by atoms with Crippen LogP contribution in [0.4, 0.5) is 0 Å². The van der Waals surface area contributed by atoms with E-state index >= 15 is 0 Å². The van der Waals surface area contributed by atoms with E-state index in [-0.39, 0.29) is 0 Å². The van der Waals surface area contributed by atoms with Crippen LogP contribution >= 0.6 is 0 Å². The summed E-state index contributed by atoms with van der Waals surface area (Å²) in [7, 11) is 0. The van der Waals surface area contributed by atoms with Gasteiger partial charge in [0.15, 0.2) is 0 Å². The van der Waals surface area contributed by atoms with E-state index in [1.54, 1.807) is 0 Å². The Morgan fingerprint density at radius 3 is 3.14 bits per heavy atom. The molecule has 4 nitrogen and oxygen atoms in total. The van der Waals surface area contributed by atoms with Crippen LogP contribution < -0.4 is 5.32 Å². The first-order valence-electron chi connectivity index (χ1n) is 5.07. The van der Waals surface area contributed by atoms with Gasteiger partial charge in [-0.2, -0.15) is 0 Å². The van der Waals surface area contributed by atoms with Crippen molar-refractivity contribution in [2.75, 3.05) is 13.1 Å². The summed E-state index contributed by atoms with van der Waals surface area (Å²) in [4.78, 5) is 0. The first-order chi connectivity index (χ1) is 6.90. The monoisotopic (exact) mass is 193 g/mol. The Kier molecular flexibility index (Phi) is 2.93. The standard InChI is InChI=1S/C10H15N3O/c1-2-4-9-12-13-10(14-9)8-5-3-6-11-7-8/h2,4,8,11H,3,5-7H2,1H3/b4-2+. The fourth-order valence-corrected chi connectivity index (χ4v) is 1.68. The van der Waals surface area contributed by atoms with Gasteiger partial charge in [0, 0.05) is 12.5 Å². The zero-order valence-electron chi connectivity index (χ0n) is 8.36. The summed E-state index contributed by atoms with van der Waals surface area (Å²) < 4.78 is 5.51. The molecule has 1 fully saturated rings. The summed E-state index contributed by atoms with van der Waals surface area (Å²) in [5.74, 6) is 1.77. The third-order valence-corrected chi connectivity index (χ3v) is 2.41. The van der Waals surface area contributed by atoms with E-state index in [9.17, 15) is 0 Å². The van der Waals surface area contributed by atoms with Crippen LogP contribution in [0.15, 0.2) is 10.5 Å². The van der Waals surface area contributed by atoms with Crippen LogP contribution in [0.25, 0.3) is 6.08 Å². The summed E-state index contributed by atoms with van der Waals surface area (Å²) in [6.07, 6.45) is 6.06.